The van der Waals surface area contributed by atoms with Gasteiger partial charge in [0.2, 0.25) is 0 Å². The van der Waals surface area contributed by atoms with Crippen LogP contribution < -0.4 is 0 Å². The number of hydrogen-bond acceptors (Lipinski definition) is 2. The molecule has 0 radical (unpaired) electrons. The molecule has 0 amide bonds. The van der Waals surface area contributed by atoms with Gasteiger partial charge in [0.1, 0.15) is 6.54 Å². The van der Waals surface area contributed by atoms with Crippen molar-refractivity contribution in [2.24, 2.45) is 0 Å². The SMILES string of the molecule is Cc1cc(-c2cnn(CC(F)(F)F)c2)cc(C(C)(C)C)n1. The van der Waals surface area contributed by atoms with Gasteiger partial charge in [-0.1, -0.05) is 20.8 Å². The van der Waals surface area contributed by atoms with Crippen LogP contribution in [0.25, 0.3) is 11.1 Å². The third kappa shape index (κ3) is 4.06. The first-order valence-electron chi connectivity index (χ1n) is 6.63. The second kappa shape index (κ2) is 5.16. The molecule has 0 aliphatic rings. The summed E-state index contributed by atoms with van der Waals surface area (Å²) in [6.45, 7) is 6.94. The molecular formula is C15H18F3N3. The topological polar surface area (TPSA) is 30.7 Å². The van der Waals surface area contributed by atoms with Crippen molar-refractivity contribution in [3.8, 4) is 11.1 Å². The molecule has 0 aliphatic heterocycles. The van der Waals surface area contributed by atoms with Crippen molar-refractivity contribution in [2.45, 2.75) is 45.8 Å². The fourth-order valence-corrected chi connectivity index (χ4v) is 2.00. The summed E-state index contributed by atoms with van der Waals surface area (Å²) in [5.41, 5.74) is 3.11. The van der Waals surface area contributed by atoms with Crippen LogP contribution in [-0.2, 0) is 12.0 Å². The Morgan fingerprint density at radius 1 is 1.10 bits per heavy atom. The Hall–Kier alpha value is -1.85. The molecule has 0 spiro atoms. The van der Waals surface area contributed by atoms with Crippen LogP contribution in [-0.4, -0.2) is 20.9 Å². The molecular weight excluding hydrogens is 279 g/mol. The minimum atomic E-state index is -4.27. The normalized spacial score (nSPS) is 12.7. The lowest BCUT2D eigenvalue weighted by Gasteiger charge is -2.19. The molecule has 0 bridgehead atoms. The highest BCUT2D eigenvalue weighted by Crippen LogP contribution is 2.27. The maximum Gasteiger partial charge on any atom is 0.408 e. The highest BCUT2D eigenvalue weighted by molar-refractivity contribution is 5.62. The van der Waals surface area contributed by atoms with Crippen molar-refractivity contribution in [1.29, 1.82) is 0 Å². The molecule has 2 rings (SSSR count). The van der Waals surface area contributed by atoms with Crippen molar-refractivity contribution >= 4 is 0 Å². The van der Waals surface area contributed by atoms with Crippen molar-refractivity contribution in [3.05, 3.63) is 35.9 Å². The summed E-state index contributed by atoms with van der Waals surface area (Å²) in [6.07, 6.45) is -1.41. The molecule has 21 heavy (non-hydrogen) atoms. The molecule has 0 fully saturated rings. The fourth-order valence-electron chi connectivity index (χ4n) is 2.00. The Morgan fingerprint density at radius 3 is 2.33 bits per heavy atom. The van der Waals surface area contributed by atoms with Crippen LogP contribution in [0.4, 0.5) is 13.2 Å². The van der Waals surface area contributed by atoms with Gasteiger partial charge in [0.15, 0.2) is 0 Å². The average Bonchev–Trinajstić information content (AvgIpc) is 2.73. The molecule has 3 nitrogen and oxygen atoms in total. The third-order valence-corrected chi connectivity index (χ3v) is 3.03. The summed E-state index contributed by atoms with van der Waals surface area (Å²) in [5, 5.41) is 3.78. The van der Waals surface area contributed by atoms with Gasteiger partial charge in [0.25, 0.3) is 0 Å². The molecule has 114 valence electrons. The van der Waals surface area contributed by atoms with Crippen LogP contribution in [0, 0.1) is 6.92 Å². The number of hydrogen-bond donors (Lipinski definition) is 0. The molecule has 0 saturated heterocycles. The number of aryl methyl sites for hydroxylation is 1. The molecule has 2 heterocycles. The van der Waals surface area contributed by atoms with Gasteiger partial charge in [-0.05, 0) is 24.6 Å². The van der Waals surface area contributed by atoms with Crippen LogP contribution in [0.5, 0.6) is 0 Å². The Bertz CT molecular complexity index is 636. The zero-order chi connectivity index (χ0) is 15.8. The molecule has 2 aromatic heterocycles. The molecule has 0 N–H and O–H groups in total. The number of rotatable bonds is 2. The smallest absolute Gasteiger partial charge is 0.263 e. The second-order valence-electron chi connectivity index (χ2n) is 6.17. The van der Waals surface area contributed by atoms with Crippen molar-refractivity contribution in [1.82, 2.24) is 14.8 Å². The number of alkyl halides is 3. The lowest BCUT2D eigenvalue weighted by molar-refractivity contribution is -0.142. The first kappa shape index (κ1) is 15.5. The van der Waals surface area contributed by atoms with E-state index >= 15 is 0 Å². The van der Waals surface area contributed by atoms with E-state index in [0.29, 0.717) is 5.56 Å². The summed E-state index contributed by atoms with van der Waals surface area (Å²) in [4.78, 5) is 4.49. The van der Waals surface area contributed by atoms with E-state index in [0.717, 1.165) is 21.6 Å². The Morgan fingerprint density at radius 2 is 1.76 bits per heavy atom. The largest absolute Gasteiger partial charge is 0.408 e. The zero-order valence-electron chi connectivity index (χ0n) is 12.5. The molecule has 0 saturated carbocycles. The molecule has 2 aromatic rings. The Kier molecular flexibility index (Phi) is 3.82. The maximum absolute atomic E-state index is 12.4. The van der Waals surface area contributed by atoms with E-state index in [1.165, 1.54) is 12.4 Å². The van der Waals surface area contributed by atoms with E-state index in [9.17, 15) is 13.2 Å². The summed E-state index contributed by atoms with van der Waals surface area (Å²) in [7, 11) is 0. The third-order valence-electron chi connectivity index (χ3n) is 3.03. The minimum absolute atomic E-state index is 0.122. The first-order valence-corrected chi connectivity index (χ1v) is 6.63. The van der Waals surface area contributed by atoms with Crippen LogP contribution >= 0.6 is 0 Å². The van der Waals surface area contributed by atoms with E-state index in [1.54, 1.807) is 0 Å². The highest BCUT2D eigenvalue weighted by atomic mass is 19.4. The summed E-state index contributed by atoms with van der Waals surface area (Å²) >= 11 is 0. The highest BCUT2D eigenvalue weighted by Gasteiger charge is 2.28. The van der Waals surface area contributed by atoms with E-state index in [-0.39, 0.29) is 5.41 Å². The predicted molar refractivity (Wildman–Crippen MR) is 75.0 cm³/mol. The van der Waals surface area contributed by atoms with E-state index in [2.05, 4.69) is 10.1 Å². The monoisotopic (exact) mass is 297 g/mol. The lowest BCUT2D eigenvalue weighted by atomic mass is 9.90. The number of halogens is 3. The van der Waals surface area contributed by atoms with Gasteiger partial charge in [-0.3, -0.25) is 9.67 Å². The second-order valence-corrected chi connectivity index (χ2v) is 6.17. The van der Waals surface area contributed by atoms with Gasteiger partial charge in [0, 0.05) is 28.6 Å². The standard InChI is InChI=1S/C15H18F3N3/c1-10-5-11(6-13(20-10)14(2,3)4)12-7-19-21(8-12)9-15(16,17)18/h5-8H,9H2,1-4H3. The molecule has 0 unspecified atom stereocenters. The van der Waals surface area contributed by atoms with E-state index in [1.807, 2.05) is 39.8 Å². The summed E-state index contributed by atoms with van der Waals surface area (Å²) in [6, 6.07) is 3.76. The molecule has 0 atom stereocenters. The number of aromatic nitrogens is 3. The molecule has 0 aromatic carbocycles. The van der Waals surface area contributed by atoms with Crippen molar-refractivity contribution in [3.63, 3.8) is 0 Å². The number of nitrogens with zero attached hydrogens (tertiary/aromatic N) is 3. The first-order chi connectivity index (χ1) is 9.54. The van der Waals surface area contributed by atoms with E-state index in [4.69, 9.17) is 0 Å². The van der Waals surface area contributed by atoms with Crippen LogP contribution in [0.3, 0.4) is 0 Å². The lowest BCUT2D eigenvalue weighted by Crippen LogP contribution is -2.17. The Balaban J connectivity index is 2.37. The quantitative estimate of drug-likeness (QED) is 0.835. The average molecular weight is 297 g/mol. The van der Waals surface area contributed by atoms with Crippen LogP contribution in [0.15, 0.2) is 24.5 Å². The summed E-state index contributed by atoms with van der Waals surface area (Å²) in [5.74, 6) is 0. The van der Waals surface area contributed by atoms with Crippen LogP contribution in [0.1, 0.15) is 32.2 Å². The van der Waals surface area contributed by atoms with Gasteiger partial charge in [0.05, 0.1) is 6.20 Å². The Labute approximate surface area is 121 Å². The molecule has 0 aliphatic carbocycles. The van der Waals surface area contributed by atoms with Crippen LogP contribution in [0.2, 0.25) is 0 Å². The van der Waals surface area contributed by atoms with Gasteiger partial charge >= 0.3 is 6.18 Å². The van der Waals surface area contributed by atoms with Gasteiger partial charge in [-0.2, -0.15) is 18.3 Å². The van der Waals surface area contributed by atoms with Crippen molar-refractivity contribution < 1.29 is 13.2 Å². The van der Waals surface area contributed by atoms with Gasteiger partial charge < -0.3 is 0 Å². The van der Waals surface area contributed by atoms with Gasteiger partial charge in [-0.15, -0.1) is 0 Å². The molecule has 6 heteroatoms. The maximum atomic E-state index is 12.4. The fraction of sp³-hybridized carbons (Fsp3) is 0.467. The van der Waals surface area contributed by atoms with E-state index < -0.39 is 12.7 Å². The zero-order valence-corrected chi connectivity index (χ0v) is 12.5. The predicted octanol–water partition coefficient (Wildman–Crippen LogP) is 4.11. The van der Waals surface area contributed by atoms with Gasteiger partial charge in [-0.25, -0.2) is 0 Å². The van der Waals surface area contributed by atoms with Crippen molar-refractivity contribution in [2.75, 3.05) is 0 Å². The summed E-state index contributed by atoms with van der Waals surface area (Å²) < 4.78 is 38.0. The number of pyridine rings is 1. The minimum Gasteiger partial charge on any atom is -0.263 e.